The molecule has 1 aromatic rings. The van der Waals surface area contributed by atoms with Crippen LogP contribution in [0.15, 0.2) is 54.3 Å². The van der Waals surface area contributed by atoms with Gasteiger partial charge in [0.1, 0.15) is 0 Å². The zero-order chi connectivity index (χ0) is 17.2. The van der Waals surface area contributed by atoms with E-state index in [1.165, 1.54) is 0 Å². The zero-order valence-corrected chi connectivity index (χ0v) is 14.5. The summed E-state index contributed by atoms with van der Waals surface area (Å²) < 4.78 is 6.12. The highest BCUT2D eigenvalue weighted by Gasteiger charge is 2.38. The van der Waals surface area contributed by atoms with Crippen molar-refractivity contribution in [3.05, 3.63) is 60.0 Å². The lowest BCUT2D eigenvalue weighted by Crippen LogP contribution is -2.33. The van der Waals surface area contributed by atoms with Gasteiger partial charge in [0.15, 0.2) is 0 Å². The first kappa shape index (κ1) is 16.3. The number of hydrogen-bond acceptors (Lipinski definition) is 3. The van der Waals surface area contributed by atoms with Gasteiger partial charge in [0.25, 0.3) is 5.91 Å². The molecule has 4 atom stereocenters. The molecule has 1 aromatic heterocycles. The molecule has 1 fully saturated rings. The molecule has 4 rings (SSSR count). The molecule has 130 valence electrons. The van der Waals surface area contributed by atoms with Crippen molar-refractivity contribution in [3.63, 3.8) is 0 Å². The molecule has 4 nitrogen and oxygen atoms in total. The molecule has 3 aliphatic rings. The number of anilines is 1. The Morgan fingerprint density at radius 1 is 1.28 bits per heavy atom. The SMILES string of the molecule is Cc1ncccc1NC(=O)C1=CC2OCCC3C=CC=CC3C2CC1. The van der Waals surface area contributed by atoms with E-state index in [0.29, 0.717) is 17.8 Å². The van der Waals surface area contributed by atoms with Crippen molar-refractivity contribution in [1.82, 2.24) is 4.98 Å². The Morgan fingerprint density at radius 2 is 2.16 bits per heavy atom. The summed E-state index contributed by atoms with van der Waals surface area (Å²) in [4.78, 5) is 16.9. The summed E-state index contributed by atoms with van der Waals surface area (Å²) in [5, 5.41) is 3.00. The monoisotopic (exact) mass is 336 g/mol. The topological polar surface area (TPSA) is 51.2 Å². The van der Waals surface area contributed by atoms with Crippen LogP contribution in [0.2, 0.25) is 0 Å². The number of pyridine rings is 1. The summed E-state index contributed by atoms with van der Waals surface area (Å²) in [5.41, 5.74) is 2.44. The number of aryl methyl sites for hydroxylation is 1. The number of fused-ring (bicyclic) bond motifs is 3. The Kier molecular flexibility index (Phi) is 4.53. The Hall–Kier alpha value is -2.20. The van der Waals surface area contributed by atoms with E-state index in [4.69, 9.17) is 4.74 Å². The molecule has 0 radical (unpaired) electrons. The summed E-state index contributed by atoms with van der Waals surface area (Å²) >= 11 is 0. The van der Waals surface area contributed by atoms with Gasteiger partial charge in [0.05, 0.1) is 17.5 Å². The molecular weight excluding hydrogens is 312 g/mol. The molecule has 4 heteroatoms. The molecule has 0 bridgehead atoms. The zero-order valence-electron chi connectivity index (χ0n) is 14.5. The normalized spacial score (nSPS) is 30.7. The summed E-state index contributed by atoms with van der Waals surface area (Å²) in [6, 6.07) is 3.73. The van der Waals surface area contributed by atoms with E-state index in [2.05, 4.69) is 40.7 Å². The van der Waals surface area contributed by atoms with Gasteiger partial charge in [0.2, 0.25) is 0 Å². The predicted molar refractivity (Wildman–Crippen MR) is 98.0 cm³/mol. The third-order valence-corrected chi connectivity index (χ3v) is 5.63. The third kappa shape index (κ3) is 3.31. The van der Waals surface area contributed by atoms with E-state index in [1.807, 2.05) is 19.1 Å². The van der Waals surface area contributed by atoms with Crippen molar-refractivity contribution in [3.8, 4) is 0 Å². The van der Waals surface area contributed by atoms with Crippen molar-refractivity contribution in [2.75, 3.05) is 11.9 Å². The fourth-order valence-corrected chi connectivity index (χ4v) is 4.24. The van der Waals surface area contributed by atoms with Crippen LogP contribution in [0.3, 0.4) is 0 Å². The number of amides is 1. The molecule has 1 amide bonds. The molecule has 4 unspecified atom stereocenters. The van der Waals surface area contributed by atoms with E-state index in [1.54, 1.807) is 6.20 Å². The number of carbonyl (C=O) groups is 1. The van der Waals surface area contributed by atoms with Gasteiger partial charge < -0.3 is 10.1 Å². The van der Waals surface area contributed by atoms with Crippen LogP contribution in [0.25, 0.3) is 0 Å². The van der Waals surface area contributed by atoms with Gasteiger partial charge in [-0.05, 0) is 62.1 Å². The highest BCUT2D eigenvalue weighted by atomic mass is 16.5. The Labute approximate surface area is 148 Å². The second-order valence-electron chi connectivity index (χ2n) is 7.12. The molecule has 1 N–H and O–H groups in total. The molecular formula is C21H24N2O2. The lowest BCUT2D eigenvalue weighted by atomic mass is 9.71. The number of allylic oxidation sites excluding steroid dienone is 4. The summed E-state index contributed by atoms with van der Waals surface area (Å²) in [5.74, 6) is 1.53. The maximum Gasteiger partial charge on any atom is 0.251 e. The average molecular weight is 336 g/mol. The first-order valence-corrected chi connectivity index (χ1v) is 9.12. The highest BCUT2D eigenvalue weighted by molar-refractivity contribution is 6.04. The Morgan fingerprint density at radius 3 is 3.04 bits per heavy atom. The van der Waals surface area contributed by atoms with Crippen LogP contribution in [-0.4, -0.2) is 23.6 Å². The van der Waals surface area contributed by atoms with Gasteiger partial charge in [-0.25, -0.2) is 0 Å². The molecule has 0 saturated carbocycles. The summed E-state index contributed by atoms with van der Waals surface area (Å²) in [6.45, 7) is 2.66. The lowest BCUT2D eigenvalue weighted by molar-refractivity contribution is -0.113. The number of hydrogen-bond donors (Lipinski definition) is 1. The van der Waals surface area contributed by atoms with Crippen LogP contribution in [-0.2, 0) is 9.53 Å². The van der Waals surface area contributed by atoms with Crippen molar-refractivity contribution >= 4 is 11.6 Å². The van der Waals surface area contributed by atoms with Crippen molar-refractivity contribution < 1.29 is 9.53 Å². The standard InChI is InChI=1S/C21H24N2O2/c1-14-19(7-4-11-22-14)23-21(24)16-8-9-18-17-6-3-2-5-15(17)10-12-25-20(18)13-16/h2-7,11,13,15,17-18,20H,8-10,12H2,1H3,(H,23,24). The smallest absolute Gasteiger partial charge is 0.251 e. The maximum absolute atomic E-state index is 12.7. The molecule has 2 heterocycles. The minimum Gasteiger partial charge on any atom is -0.374 e. The number of rotatable bonds is 2. The van der Waals surface area contributed by atoms with Gasteiger partial charge in [-0.2, -0.15) is 0 Å². The number of ether oxygens (including phenoxy) is 1. The van der Waals surface area contributed by atoms with Gasteiger partial charge in [0, 0.05) is 18.4 Å². The van der Waals surface area contributed by atoms with Gasteiger partial charge in [-0.15, -0.1) is 0 Å². The summed E-state index contributed by atoms with van der Waals surface area (Å²) in [7, 11) is 0. The van der Waals surface area contributed by atoms with Crippen LogP contribution in [0.4, 0.5) is 5.69 Å². The van der Waals surface area contributed by atoms with Crippen LogP contribution >= 0.6 is 0 Å². The Bertz CT molecular complexity index is 750. The minimum absolute atomic E-state index is 0.0296. The molecule has 2 aliphatic carbocycles. The van der Waals surface area contributed by atoms with E-state index in [9.17, 15) is 4.79 Å². The van der Waals surface area contributed by atoms with Gasteiger partial charge in [-0.3, -0.25) is 9.78 Å². The van der Waals surface area contributed by atoms with Crippen LogP contribution < -0.4 is 5.32 Å². The second kappa shape index (κ2) is 6.96. The van der Waals surface area contributed by atoms with Crippen LogP contribution in [0.5, 0.6) is 0 Å². The maximum atomic E-state index is 12.7. The minimum atomic E-state index is -0.0296. The largest absolute Gasteiger partial charge is 0.374 e. The molecule has 1 aliphatic heterocycles. The molecule has 0 aromatic carbocycles. The molecule has 0 spiro atoms. The number of carbonyl (C=O) groups excluding carboxylic acids is 1. The molecule has 1 saturated heterocycles. The fourth-order valence-electron chi connectivity index (χ4n) is 4.24. The van der Waals surface area contributed by atoms with Crippen molar-refractivity contribution in [2.45, 2.75) is 32.3 Å². The van der Waals surface area contributed by atoms with Crippen LogP contribution in [0, 0.1) is 24.7 Å². The van der Waals surface area contributed by atoms with E-state index in [-0.39, 0.29) is 12.0 Å². The van der Waals surface area contributed by atoms with E-state index >= 15 is 0 Å². The summed E-state index contributed by atoms with van der Waals surface area (Å²) in [6.07, 6.45) is 15.6. The van der Waals surface area contributed by atoms with Crippen LogP contribution in [0.1, 0.15) is 25.0 Å². The predicted octanol–water partition coefficient (Wildman–Crippen LogP) is 3.81. The van der Waals surface area contributed by atoms with Gasteiger partial charge in [-0.1, -0.05) is 24.3 Å². The third-order valence-electron chi connectivity index (χ3n) is 5.63. The quantitative estimate of drug-likeness (QED) is 0.893. The Balaban J connectivity index is 1.51. The van der Waals surface area contributed by atoms with Crippen molar-refractivity contribution in [2.24, 2.45) is 17.8 Å². The second-order valence-corrected chi connectivity index (χ2v) is 7.12. The van der Waals surface area contributed by atoms with Gasteiger partial charge >= 0.3 is 0 Å². The number of nitrogens with zero attached hydrogens (tertiary/aromatic N) is 1. The number of nitrogens with one attached hydrogen (secondary N) is 1. The first-order valence-electron chi connectivity index (χ1n) is 9.12. The molecule has 25 heavy (non-hydrogen) atoms. The fraction of sp³-hybridized carbons (Fsp3) is 0.429. The van der Waals surface area contributed by atoms with E-state index in [0.717, 1.165) is 42.8 Å². The number of aromatic nitrogens is 1. The lowest BCUT2D eigenvalue weighted by Gasteiger charge is -2.35. The van der Waals surface area contributed by atoms with Crippen molar-refractivity contribution in [1.29, 1.82) is 0 Å². The first-order chi connectivity index (χ1) is 12.2. The average Bonchev–Trinajstić information content (AvgIpc) is 2.82. The van der Waals surface area contributed by atoms with E-state index < -0.39 is 0 Å². The highest BCUT2D eigenvalue weighted by Crippen LogP contribution is 2.41.